The van der Waals surface area contributed by atoms with E-state index in [2.05, 4.69) is 0 Å². The minimum absolute atomic E-state index is 0.0661. The zero-order chi connectivity index (χ0) is 14.0. The highest BCUT2D eigenvalue weighted by molar-refractivity contribution is 7.88. The number of hydrogen-bond donors (Lipinski definition) is 2. The molecule has 0 unspecified atom stereocenters. The smallest absolute Gasteiger partial charge is 0.322 e. The number of aliphatic hydroxyl groups is 1. The molecule has 1 aliphatic heterocycles. The SMILES string of the molecule is O=C(O)[C@@H]1C[C@H](O)CN1S(=O)(=O)Cc1ccccc1. The summed E-state index contributed by atoms with van der Waals surface area (Å²) in [7, 11) is -3.75. The third-order valence-electron chi connectivity index (χ3n) is 3.07. The molecule has 19 heavy (non-hydrogen) atoms. The van der Waals surface area contributed by atoms with Crippen LogP contribution in [0.5, 0.6) is 0 Å². The first-order valence-corrected chi connectivity index (χ1v) is 7.45. The number of carbonyl (C=O) groups is 1. The van der Waals surface area contributed by atoms with Crippen LogP contribution in [0.3, 0.4) is 0 Å². The van der Waals surface area contributed by atoms with E-state index < -0.39 is 28.1 Å². The van der Waals surface area contributed by atoms with E-state index in [4.69, 9.17) is 5.11 Å². The Kier molecular flexibility index (Phi) is 3.88. The molecule has 1 aliphatic rings. The van der Waals surface area contributed by atoms with Crippen molar-refractivity contribution in [2.24, 2.45) is 0 Å². The zero-order valence-corrected chi connectivity index (χ0v) is 11.0. The average molecular weight is 285 g/mol. The molecule has 1 aromatic rings. The van der Waals surface area contributed by atoms with Gasteiger partial charge in [-0.05, 0) is 5.56 Å². The first kappa shape index (κ1) is 14.0. The Morgan fingerprint density at radius 3 is 2.53 bits per heavy atom. The lowest BCUT2D eigenvalue weighted by Crippen LogP contribution is -2.41. The van der Waals surface area contributed by atoms with Crippen molar-refractivity contribution in [3.8, 4) is 0 Å². The fraction of sp³-hybridized carbons (Fsp3) is 0.417. The minimum atomic E-state index is -3.75. The summed E-state index contributed by atoms with van der Waals surface area (Å²) < 4.78 is 25.3. The summed E-state index contributed by atoms with van der Waals surface area (Å²) in [6.45, 7) is -0.161. The lowest BCUT2D eigenvalue weighted by atomic mass is 10.2. The second-order valence-corrected chi connectivity index (χ2v) is 6.48. The number of β-amino-alcohol motifs (C(OH)–C–C–N with tert-alkyl or cyclic N) is 1. The highest BCUT2D eigenvalue weighted by Gasteiger charge is 2.42. The predicted octanol–water partition coefficient (Wildman–Crippen LogP) is 0.0362. The van der Waals surface area contributed by atoms with E-state index in [1.807, 2.05) is 0 Å². The molecule has 0 spiro atoms. The predicted molar refractivity (Wildman–Crippen MR) is 67.8 cm³/mol. The van der Waals surface area contributed by atoms with E-state index in [-0.39, 0.29) is 18.7 Å². The molecule has 104 valence electrons. The van der Waals surface area contributed by atoms with Gasteiger partial charge < -0.3 is 10.2 Å². The summed E-state index contributed by atoms with van der Waals surface area (Å²) in [6.07, 6.45) is -0.991. The van der Waals surface area contributed by atoms with Gasteiger partial charge in [-0.2, -0.15) is 4.31 Å². The largest absolute Gasteiger partial charge is 0.480 e. The lowest BCUT2D eigenvalue weighted by Gasteiger charge is -2.20. The van der Waals surface area contributed by atoms with Gasteiger partial charge in [-0.25, -0.2) is 8.42 Å². The molecule has 1 saturated heterocycles. The maximum Gasteiger partial charge on any atom is 0.322 e. The number of rotatable bonds is 4. The fourth-order valence-electron chi connectivity index (χ4n) is 2.18. The Hall–Kier alpha value is -1.44. The standard InChI is InChI=1S/C12H15NO5S/c14-10-6-11(12(15)16)13(7-10)19(17,18)8-9-4-2-1-3-5-9/h1-5,10-11,14H,6-8H2,(H,15,16)/t10-,11-/m0/s1. The first-order valence-electron chi connectivity index (χ1n) is 5.84. The summed E-state index contributed by atoms with van der Waals surface area (Å²) in [5.41, 5.74) is 0.591. The van der Waals surface area contributed by atoms with Gasteiger partial charge in [0.1, 0.15) is 6.04 Å². The highest BCUT2D eigenvalue weighted by atomic mass is 32.2. The lowest BCUT2D eigenvalue weighted by molar-refractivity contribution is -0.140. The van der Waals surface area contributed by atoms with Crippen LogP contribution in [0.2, 0.25) is 0 Å². The molecular formula is C12H15NO5S. The van der Waals surface area contributed by atoms with E-state index in [9.17, 15) is 18.3 Å². The van der Waals surface area contributed by atoms with Crippen LogP contribution in [0.25, 0.3) is 0 Å². The molecule has 2 rings (SSSR count). The van der Waals surface area contributed by atoms with Crippen molar-refractivity contribution in [3.05, 3.63) is 35.9 Å². The van der Waals surface area contributed by atoms with E-state index in [1.54, 1.807) is 30.3 Å². The zero-order valence-electron chi connectivity index (χ0n) is 10.1. The van der Waals surface area contributed by atoms with Crippen LogP contribution >= 0.6 is 0 Å². The second-order valence-electron chi connectivity index (χ2n) is 4.56. The van der Waals surface area contributed by atoms with Crippen molar-refractivity contribution >= 4 is 16.0 Å². The van der Waals surface area contributed by atoms with Gasteiger partial charge in [0.15, 0.2) is 0 Å². The van der Waals surface area contributed by atoms with Gasteiger partial charge in [-0.3, -0.25) is 4.79 Å². The monoisotopic (exact) mass is 285 g/mol. The van der Waals surface area contributed by atoms with Crippen molar-refractivity contribution in [2.75, 3.05) is 6.54 Å². The third kappa shape index (κ3) is 3.12. The van der Waals surface area contributed by atoms with Gasteiger partial charge in [0, 0.05) is 13.0 Å². The van der Waals surface area contributed by atoms with Crippen LogP contribution < -0.4 is 0 Å². The Morgan fingerprint density at radius 2 is 1.95 bits per heavy atom. The van der Waals surface area contributed by atoms with Gasteiger partial charge in [-0.1, -0.05) is 30.3 Å². The van der Waals surface area contributed by atoms with Crippen molar-refractivity contribution in [2.45, 2.75) is 24.3 Å². The number of hydrogen-bond acceptors (Lipinski definition) is 4. The number of nitrogens with zero attached hydrogens (tertiary/aromatic N) is 1. The Bertz CT molecular complexity index is 557. The molecule has 0 amide bonds. The minimum Gasteiger partial charge on any atom is -0.480 e. The number of benzene rings is 1. The van der Waals surface area contributed by atoms with Crippen molar-refractivity contribution < 1.29 is 23.4 Å². The van der Waals surface area contributed by atoms with Crippen molar-refractivity contribution in [1.29, 1.82) is 0 Å². The van der Waals surface area contributed by atoms with E-state index >= 15 is 0 Å². The highest BCUT2D eigenvalue weighted by Crippen LogP contribution is 2.24. The Labute approximate surface area is 111 Å². The first-order chi connectivity index (χ1) is 8.90. The topological polar surface area (TPSA) is 94.9 Å². The van der Waals surface area contributed by atoms with Crippen LogP contribution in [0.1, 0.15) is 12.0 Å². The molecule has 0 bridgehead atoms. The molecule has 2 N–H and O–H groups in total. The fourth-order valence-corrected chi connectivity index (χ4v) is 3.93. The molecule has 0 aliphatic carbocycles. The van der Waals surface area contributed by atoms with Crippen LogP contribution in [0.15, 0.2) is 30.3 Å². The average Bonchev–Trinajstić information content (AvgIpc) is 2.73. The maximum absolute atomic E-state index is 12.2. The van der Waals surface area contributed by atoms with Crippen LogP contribution in [0.4, 0.5) is 0 Å². The normalized spacial score (nSPS) is 24.5. The van der Waals surface area contributed by atoms with Gasteiger partial charge in [-0.15, -0.1) is 0 Å². The molecule has 1 aromatic carbocycles. The Balaban J connectivity index is 2.22. The summed E-state index contributed by atoms with van der Waals surface area (Å²) >= 11 is 0. The molecule has 0 aromatic heterocycles. The van der Waals surface area contributed by atoms with Gasteiger partial charge in [0.25, 0.3) is 0 Å². The molecule has 1 heterocycles. The number of sulfonamides is 1. The molecule has 6 nitrogen and oxygen atoms in total. The molecular weight excluding hydrogens is 270 g/mol. The summed E-state index contributed by atoms with van der Waals surface area (Å²) in [5, 5.41) is 18.5. The van der Waals surface area contributed by atoms with E-state index in [1.165, 1.54) is 0 Å². The molecule has 0 radical (unpaired) electrons. The maximum atomic E-state index is 12.2. The summed E-state index contributed by atoms with van der Waals surface area (Å²) in [6, 6.07) is 7.37. The molecule has 7 heteroatoms. The molecule has 2 atom stereocenters. The summed E-state index contributed by atoms with van der Waals surface area (Å²) in [5.74, 6) is -1.49. The molecule has 0 saturated carbocycles. The van der Waals surface area contributed by atoms with E-state index in [0.717, 1.165) is 4.31 Å². The van der Waals surface area contributed by atoms with E-state index in [0.29, 0.717) is 5.56 Å². The van der Waals surface area contributed by atoms with Gasteiger partial charge in [0.2, 0.25) is 10.0 Å². The van der Waals surface area contributed by atoms with Gasteiger partial charge >= 0.3 is 5.97 Å². The van der Waals surface area contributed by atoms with Crippen molar-refractivity contribution in [1.82, 2.24) is 4.31 Å². The summed E-state index contributed by atoms with van der Waals surface area (Å²) in [4.78, 5) is 11.0. The second kappa shape index (κ2) is 5.28. The quantitative estimate of drug-likeness (QED) is 0.814. The third-order valence-corrected chi connectivity index (χ3v) is 4.88. The number of carboxylic acids is 1. The van der Waals surface area contributed by atoms with Crippen LogP contribution in [-0.2, 0) is 20.6 Å². The van der Waals surface area contributed by atoms with Gasteiger partial charge in [0.05, 0.1) is 11.9 Å². The van der Waals surface area contributed by atoms with Crippen LogP contribution in [0, 0.1) is 0 Å². The number of aliphatic carboxylic acids is 1. The number of aliphatic hydroxyl groups excluding tert-OH is 1. The Morgan fingerprint density at radius 1 is 1.32 bits per heavy atom. The number of carboxylic acid groups (broad SMARTS) is 1. The van der Waals surface area contributed by atoms with Crippen LogP contribution in [-0.4, -0.2) is 47.6 Å². The molecule has 1 fully saturated rings. The van der Waals surface area contributed by atoms with Crippen molar-refractivity contribution in [3.63, 3.8) is 0 Å².